The smallest absolute Gasteiger partial charge is 0.136 e. The summed E-state index contributed by atoms with van der Waals surface area (Å²) in [6, 6.07) is 6.00. The zero-order valence-electron chi connectivity index (χ0n) is 14.6. The van der Waals surface area contributed by atoms with E-state index in [0.29, 0.717) is 5.02 Å². The Labute approximate surface area is 176 Å². The van der Waals surface area contributed by atoms with Gasteiger partial charge >= 0.3 is 0 Å². The molecule has 2 aliphatic rings. The summed E-state index contributed by atoms with van der Waals surface area (Å²) in [5.41, 5.74) is 2.87. The first-order valence-corrected chi connectivity index (χ1v) is 10.9. The topological polar surface area (TPSA) is 36.4 Å². The molecule has 1 saturated heterocycles. The van der Waals surface area contributed by atoms with Crippen LogP contribution in [0, 0.1) is 5.92 Å². The van der Waals surface area contributed by atoms with E-state index in [-0.39, 0.29) is 5.92 Å². The number of halogens is 3. The number of nitrogens with zero attached hydrogens (tertiary/aromatic N) is 2. The average Bonchev–Trinajstić information content (AvgIpc) is 2.71. The predicted molar refractivity (Wildman–Crippen MR) is 112 cm³/mol. The van der Waals surface area contributed by atoms with Crippen LogP contribution in [-0.2, 0) is 18.4 Å². The summed E-state index contributed by atoms with van der Waals surface area (Å²) in [4.78, 5) is 7.05. The van der Waals surface area contributed by atoms with E-state index in [4.69, 9.17) is 16.6 Å². The molecule has 0 amide bonds. The van der Waals surface area contributed by atoms with Crippen LogP contribution in [-0.4, -0.2) is 35.1 Å². The minimum absolute atomic E-state index is 0.125. The molecule has 1 aliphatic carbocycles. The second kappa shape index (κ2) is 7.17. The Balaban J connectivity index is 1.95. The van der Waals surface area contributed by atoms with Crippen molar-refractivity contribution in [2.75, 3.05) is 20.1 Å². The van der Waals surface area contributed by atoms with Gasteiger partial charge in [-0.15, -0.1) is 0 Å². The van der Waals surface area contributed by atoms with Crippen molar-refractivity contribution in [3.63, 3.8) is 0 Å². The fraction of sp³-hybridized carbons (Fsp3) is 0.450. The quantitative estimate of drug-likeness (QED) is 0.603. The number of aryl methyl sites for hydroxylation is 2. The molecule has 3 nitrogen and oxygen atoms in total. The van der Waals surface area contributed by atoms with Gasteiger partial charge in [-0.05, 0) is 91.1 Å². The Bertz CT molecular complexity index is 852. The summed E-state index contributed by atoms with van der Waals surface area (Å²) in [7, 11) is 2.14. The van der Waals surface area contributed by atoms with Crippen LogP contribution in [0.5, 0.6) is 0 Å². The molecule has 2 aromatic rings. The van der Waals surface area contributed by atoms with Gasteiger partial charge in [0.15, 0.2) is 0 Å². The lowest BCUT2D eigenvalue weighted by molar-refractivity contribution is -0.0153. The molecule has 1 fully saturated rings. The second-order valence-corrected chi connectivity index (χ2v) is 9.63. The van der Waals surface area contributed by atoms with Crippen molar-refractivity contribution in [1.29, 1.82) is 0 Å². The van der Waals surface area contributed by atoms with E-state index in [0.717, 1.165) is 70.1 Å². The minimum atomic E-state index is -1.10. The van der Waals surface area contributed by atoms with Crippen molar-refractivity contribution in [3.05, 3.63) is 60.7 Å². The van der Waals surface area contributed by atoms with E-state index < -0.39 is 5.60 Å². The van der Waals surface area contributed by atoms with Crippen LogP contribution >= 0.6 is 43.5 Å². The molecule has 138 valence electrons. The van der Waals surface area contributed by atoms with Gasteiger partial charge in [0.1, 0.15) is 5.60 Å². The fourth-order valence-electron chi connectivity index (χ4n) is 4.48. The standard InChI is InChI=1S/C20H21Br2ClN2O/c1-25-6-4-14(5-7-25)20(26)18-12(9-16(23)10-17(18)22)2-3-13-8-15(21)11-24-19(13)20/h8-11,14,26H,2-7H2,1H3/t20-/m0/s1. The molecule has 1 aliphatic heterocycles. The summed E-state index contributed by atoms with van der Waals surface area (Å²) in [5.74, 6) is 0.125. The number of aliphatic hydroxyl groups is 1. The lowest BCUT2D eigenvalue weighted by Crippen LogP contribution is -2.44. The summed E-state index contributed by atoms with van der Waals surface area (Å²) in [6.45, 7) is 1.97. The lowest BCUT2D eigenvalue weighted by atomic mass is 9.72. The Morgan fingerprint density at radius 3 is 2.58 bits per heavy atom. The van der Waals surface area contributed by atoms with Gasteiger partial charge in [-0.2, -0.15) is 0 Å². The third-order valence-electron chi connectivity index (χ3n) is 5.79. The van der Waals surface area contributed by atoms with Gasteiger partial charge in [-0.3, -0.25) is 4.98 Å². The summed E-state index contributed by atoms with van der Waals surface area (Å²) in [5, 5.41) is 13.0. The van der Waals surface area contributed by atoms with Crippen molar-refractivity contribution in [3.8, 4) is 0 Å². The lowest BCUT2D eigenvalue weighted by Gasteiger charge is -2.42. The first-order chi connectivity index (χ1) is 12.4. The normalized spacial score (nSPS) is 24.0. The van der Waals surface area contributed by atoms with Gasteiger partial charge in [0.25, 0.3) is 0 Å². The molecule has 4 rings (SSSR count). The van der Waals surface area contributed by atoms with Gasteiger partial charge < -0.3 is 10.0 Å². The number of likely N-dealkylation sites (tertiary alicyclic amines) is 1. The molecule has 6 heteroatoms. The van der Waals surface area contributed by atoms with Gasteiger partial charge in [-0.25, -0.2) is 0 Å². The molecule has 0 saturated carbocycles. The molecule has 1 aromatic heterocycles. The number of pyridine rings is 1. The first kappa shape index (κ1) is 18.9. The van der Waals surface area contributed by atoms with E-state index in [1.807, 2.05) is 12.1 Å². The molecular weight excluding hydrogens is 479 g/mol. The Hall–Kier alpha value is -0.460. The molecule has 0 radical (unpaired) electrons. The zero-order valence-corrected chi connectivity index (χ0v) is 18.5. The highest BCUT2D eigenvalue weighted by Gasteiger charge is 2.47. The molecule has 26 heavy (non-hydrogen) atoms. The molecule has 1 atom stereocenters. The molecule has 1 N–H and O–H groups in total. The highest BCUT2D eigenvalue weighted by molar-refractivity contribution is 9.10. The number of hydrogen-bond donors (Lipinski definition) is 1. The van der Waals surface area contributed by atoms with Gasteiger partial charge in [0.2, 0.25) is 0 Å². The second-order valence-electron chi connectivity index (χ2n) is 7.43. The number of benzene rings is 1. The van der Waals surface area contributed by atoms with E-state index in [9.17, 15) is 5.11 Å². The molecule has 0 bridgehead atoms. The maximum Gasteiger partial charge on any atom is 0.136 e. The predicted octanol–water partition coefficient (Wildman–Crippen LogP) is 4.94. The van der Waals surface area contributed by atoms with Crippen molar-refractivity contribution >= 4 is 43.5 Å². The van der Waals surface area contributed by atoms with E-state index in [2.05, 4.69) is 49.9 Å². The molecular formula is C20H21Br2ClN2O. The van der Waals surface area contributed by atoms with E-state index >= 15 is 0 Å². The zero-order chi connectivity index (χ0) is 18.5. The van der Waals surface area contributed by atoms with Crippen LogP contribution in [0.1, 0.15) is 35.2 Å². The van der Waals surface area contributed by atoms with Crippen molar-refractivity contribution < 1.29 is 5.11 Å². The number of fused-ring (bicyclic) bond motifs is 2. The summed E-state index contributed by atoms with van der Waals surface area (Å²) in [6.07, 6.45) is 5.37. The number of piperidine rings is 1. The Kier molecular flexibility index (Phi) is 5.21. The molecule has 0 spiro atoms. The first-order valence-electron chi connectivity index (χ1n) is 8.94. The average molecular weight is 501 g/mol. The van der Waals surface area contributed by atoms with E-state index in [1.54, 1.807) is 6.20 Å². The summed E-state index contributed by atoms with van der Waals surface area (Å²) < 4.78 is 1.82. The van der Waals surface area contributed by atoms with Crippen LogP contribution in [0.3, 0.4) is 0 Å². The van der Waals surface area contributed by atoms with E-state index in [1.165, 1.54) is 0 Å². The third-order valence-corrected chi connectivity index (χ3v) is 7.06. The van der Waals surface area contributed by atoms with Crippen molar-refractivity contribution in [1.82, 2.24) is 9.88 Å². The summed E-state index contributed by atoms with van der Waals surface area (Å²) >= 11 is 13.6. The van der Waals surface area contributed by atoms with Crippen molar-refractivity contribution in [2.24, 2.45) is 5.92 Å². The van der Waals surface area contributed by atoms with Crippen LogP contribution in [0.4, 0.5) is 0 Å². The number of rotatable bonds is 1. The van der Waals surface area contributed by atoms with Crippen LogP contribution in [0.2, 0.25) is 5.02 Å². The highest BCUT2D eigenvalue weighted by atomic mass is 79.9. The minimum Gasteiger partial charge on any atom is -0.378 e. The fourth-order valence-corrected chi connectivity index (χ4v) is 6.03. The third kappa shape index (κ3) is 3.16. The number of hydrogen-bond acceptors (Lipinski definition) is 3. The van der Waals surface area contributed by atoms with Gasteiger partial charge in [0.05, 0.1) is 5.69 Å². The van der Waals surface area contributed by atoms with Crippen LogP contribution in [0.25, 0.3) is 0 Å². The molecule has 0 unspecified atom stereocenters. The highest BCUT2D eigenvalue weighted by Crippen LogP contribution is 2.48. The SMILES string of the molecule is CN1CCC([C@@]2(O)c3ncc(Br)cc3CCc3cc(Cl)cc(Br)c32)CC1. The van der Waals surface area contributed by atoms with Crippen LogP contribution < -0.4 is 0 Å². The Morgan fingerprint density at radius 1 is 1.15 bits per heavy atom. The molecule has 2 heterocycles. The monoisotopic (exact) mass is 498 g/mol. The maximum absolute atomic E-state index is 12.3. The van der Waals surface area contributed by atoms with Gasteiger partial charge in [0, 0.05) is 31.6 Å². The number of aromatic nitrogens is 1. The Morgan fingerprint density at radius 2 is 1.85 bits per heavy atom. The molecule has 1 aromatic carbocycles. The maximum atomic E-state index is 12.3. The van der Waals surface area contributed by atoms with Crippen LogP contribution in [0.15, 0.2) is 33.3 Å². The van der Waals surface area contributed by atoms with Crippen molar-refractivity contribution in [2.45, 2.75) is 31.3 Å². The largest absolute Gasteiger partial charge is 0.378 e. The van der Waals surface area contributed by atoms with Gasteiger partial charge in [-0.1, -0.05) is 27.5 Å².